The average molecular weight is 347 g/mol. The Hall–Kier alpha value is -0.840. The minimum Gasteiger partial charge on any atom is -0.338 e. The van der Waals surface area contributed by atoms with Crippen molar-refractivity contribution in [2.24, 2.45) is 0 Å². The molecule has 3 nitrogen and oxygen atoms in total. The van der Waals surface area contributed by atoms with Crippen molar-refractivity contribution in [1.82, 2.24) is 10.2 Å². The van der Waals surface area contributed by atoms with Gasteiger partial charge in [0.25, 0.3) is 0 Å². The Morgan fingerprint density at radius 3 is 2.50 bits per heavy atom. The molecule has 0 aliphatic carbocycles. The van der Waals surface area contributed by atoms with Gasteiger partial charge in [-0.25, -0.2) is 0 Å². The minimum atomic E-state index is 0.424. The van der Waals surface area contributed by atoms with Gasteiger partial charge in [0, 0.05) is 9.50 Å². The average Bonchev–Trinajstić information content (AvgIpc) is 2.33. The molecule has 18 heavy (non-hydrogen) atoms. The van der Waals surface area contributed by atoms with Crippen LogP contribution in [0.15, 0.2) is 22.7 Å². The van der Waals surface area contributed by atoms with Crippen LogP contribution in [-0.4, -0.2) is 10.2 Å². The molecule has 0 unspecified atom stereocenters. The molecule has 0 atom stereocenters. The molecule has 1 aromatic carbocycles. The predicted octanol–water partition coefficient (Wildman–Crippen LogP) is 4.91. The van der Waals surface area contributed by atoms with Crippen LogP contribution in [0.1, 0.15) is 11.1 Å². The van der Waals surface area contributed by atoms with Gasteiger partial charge in [0.05, 0.1) is 5.69 Å². The Bertz CT molecular complexity index is 602. The van der Waals surface area contributed by atoms with Crippen LogP contribution in [-0.2, 0) is 0 Å². The van der Waals surface area contributed by atoms with Gasteiger partial charge in [-0.2, -0.15) is 0 Å². The largest absolute Gasteiger partial charge is 0.338 e. The van der Waals surface area contributed by atoms with Crippen LogP contribution in [0.25, 0.3) is 0 Å². The van der Waals surface area contributed by atoms with Crippen molar-refractivity contribution in [2.45, 2.75) is 13.8 Å². The highest BCUT2D eigenvalue weighted by molar-refractivity contribution is 9.10. The second kappa shape index (κ2) is 5.43. The molecule has 0 radical (unpaired) electrons. The van der Waals surface area contributed by atoms with Crippen LogP contribution in [0, 0.1) is 13.8 Å². The van der Waals surface area contributed by atoms with Crippen LogP contribution in [0.2, 0.25) is 10.2 Å². The number of rotatable bonds is 2. The number of nitrogens with zero attached hydrogens (tertiary/aromatic N) is 2. The summed E-state index contributed by atoms with van der Waals surface area (Å²) in [5.74, 6) is 0.680. The van der Waals surface area contributed by atoms with Gasteiger partial charge >= 0.3 is 0 Å². The molecule has 0 amide bonds. The van der Waals surface area contributed by atoms with Crippen LogP contribution < -0.4 is 5.32 Å². The number of hydrogen-bond acceptors (Lipinski definition) is 3. The maximum absolute atomic E-state index is 5.91. The smallest absolute Gasteiger partial charge is 0.156 e. The molecule has 94 valence electrons. The summed E-state index contributed by atoms with van der Waals surface area (Å²) in [6.07, 6.45) is 0. The number of nitrogens with one attached hydrogen (secondary N) is 1. The van der Waals surface area contributed by atoms with E-state index in [9.17, 15) is 0 Å². The van der Waals surface area contributed by atoms with Crippen LogP contribution in [0.3, 0.4) is 0 Å². The van der Waals surface area contributed by atoms with E-state index in [0.717, 1.165) is 21.3 Å². The lowest BCUT2D eigenvalue weighted by atomic mass is 10.2. The highest BCUT2D eigenvalue weighted by Gasteiger charge is 2.09. The van der Waals surface area contributed by atoms with Gasteiger partial charge in [0.1, 0.15) is 0 Å². The molecule has 1 N–H and O–H groups in total. The van der Waals surface area contributed by atoms with Crippen LogP contribution in [0.5, 0.6) is 0 Å². The molecule has 0 fully saturated rings. The van der Waals surface area contributed by atoms with Crippen molar-refractivity contribution in [1.29, 1.82) is 0 Å². The molecular formula is C12H10BrCl2N3. The van der Waals surface area contributed by atoms with Gasteiger partial charge in [0.15, 0.2) is 11.0 Å². The van der Waals surface area contributed by atoms with Crippen molar-refractivity contribution in [3.63, 3.8) is 0 Å². The van der Waals surface area contributed by atoms with Gasteiger partial charge in [-0.05, 0) is 59.1 Å². The first-order chi connectivity index (χ1) is 8.49. The van der Waals surface area contributed by atoms with Crippen molar-refractivity contribution in [2.75, 3.05) is 5.32 Å². The summed E-state index contributed by atoms with van der Waals surface area (Å²) in [6, 6.07) is 5.49. The molecule has 1 aromatic heterocycles. The molecular weight excluding hydrogens is 337 g/mol. The summed E-state index contributed by atoms with van der Waals surface area (Å²) < 4.78 is 0.865. The number of benzene rings is 1. The summed E-state index contributed by atoms with van der Waals surface area (Å²) in [5.41, 5.74) is 2.76. The Morgan fingerprint density at radius 2 is 1.83 bits per heavy atom. The van der Waals surface area contributed by atoms with Gasteiger partial charge in [-0.1, -0.05) is 23.2 Å². The Kier molecular flexibility index (Phi) is 4.10. The molecule has 0 spiro atoms. The third kappa shape index (κ3) is 2.76. The summed E-state index contributed by atoms with van der Waals surface area (Å²) in [7, 11) is 0. The summed E-state index contributed by atoms with van der Waals surface area (Å²) in [6.45, 7) is 3.86. The fourth-order valence-corrected chi connectivity index (χ4v) is 2.37. The Morgan fingerprint density at radius 1 is 1.11 bits per heavy atom. The lowest BCUT2D eigenvalue weighted by Gasteiger charge is -2.11. The van der Waals surface area contributed by atoms with E-state index in [1.165, 1.54) is 0 Å². The monoisotopic (exact) mass is 345 g/mol. The van der Waals surface area contributed by atoms with Crippen LogP contribution >= 0.6 is 39.1 Å². The van der Waals surface area contributed by atoms with E-state index in [0.29, 0.717) is 16.0 Å². The van der Waals surface area contributed by atoms with E-state index >= 15 is 0 Å². The summed E-state index contributed by atoms with van der Waals surface area (Å²) in [4.78, 5) is 0. The fraction of sp³-hybridized carbons (Fsp3) is 0.167. The molecule has 2 aromatic rings. The SMILES string of the molecule is Cc1c(Cl)nnc(Nc2ccc(Cl)cc2Br)c1C. The maximum atomic E-state index is 5.91. The highest BCUT2D eigenvalue weighted by atomic mass is 79.9. The van der Waals surface area contributed by atoms with Gasteiger partial charge in [0.2, 0.25) is 0 Å². The molecule has 0 aliphatic heterocycles. The second-order valence-corrected chi connectivity index (χ2v) is 5.49. The predicted molar refractivity (Wildman–Crippen MR) is 79.0 cm³/mol. The Labute approximate surface area is 124 Å². The lowest BCUT2D eigenvalue weighted by Crippen LogP contribution is -2.01. The first-order valence-corrected chi connectivity index (χ1v) is 6.75. The van der Waals surface area contributed by atoms with E-state index in [-0.39, 0.29) is 0 Å². The number of hydrogen-bond donors (Lipinski definition) is 1. The van der Waals surface area contributed by atoms with E-state index in [2.05, 4.69) is 31.4 Å². The molecule has 1 heterocycles. The lowest BCUT2D eigenvalue weighted by molar-refractivity contribution is 1.00. The third-order valence-corrected chi connectivity index (χ3v) is 3.90. The first-order valence-electron chi connectivity index (χ1n) is 5.20. The highest BCUT2D eigenvalue weighted by Crippen LogP contribution is 2.30. The third-order valence-electron chi connectivity index (χ3n) is 2.65. The van der Waals surface area contributed by atoms with Crippen molar-refractivity contribution in [3.05, 3.63) is 44.0 Å². The van der Waals surface area contributed by atoms with Crippen molar-refractivity contribution in [3.8, 4) is 0 Å². The van der Waals surface area contributed by atoms with E-state index in [4.69, 9.17) is 23.2 Å². The van der Waals surface area contributed by atoms with Crippen molar-refractivity contribution >= 4 is 50.6 Å². The summed E-state index contributed by atoms with van der Waals surface area (Å²) in [5, 5.41) is 12.2. The Balaban J connectivity index is 2.37. The molecule has 0 saturated carbocycles. The second-order valence-electron chi connectivity index (χ2n) is 3.84. The number of anilines is 2. The minimum absolute atomic E-state index is 0.424. The van der Waals surface area contributed by atoms with Crippen molar-refractivity contribution < 1.29 is 0 Å². The van der Waals surface area contributed by atoms with Gasteiger partial charge < -0.3 is 5.32 Å². The topological polar surface area (TPSA) is 37.8 Å². The number of halogens is 3. The zero-order valence-corrected chi connectivity index (χ0v) is 12.9. The van der Waals surface area contributed by atoms with Gasteiger partial charge in [-0.3, -0.25) is 0 Å². The molecule has 2 rings (SSSR count). The quantitative estimate of drug-likeness (QED) is 0.839. The molecule has 0 saturated heterocycles. The summed E-state index contributed by atoms with van der Waals surface area (Å²) >= 11 is 15.2. The van der Waals surface area contributed by atoms with E-state index in [1.54, 1.807) is 6.07 Å². The van der Waals surface area contributed by atoms with E-state index < -0.39 is 0 Å². The maximum Gasteiger partial charge on any atom is 0.156 e. The van der Waals surface area contributed by atoms with E-state index in [1.807, 2.05) is 26.0 Å². The molecule has 6 heteroatoms. The van der Waals surface area contributed by atoms with Gasteiger partial charge in [-0.15, -0.1) is 10.2 Å². The molecule has 0 aliphatic rings. The fourth-order valence-electron chi connectivity index (χ4n) is 1.41. The first kappa shape index (κ1) is 13.6. The normalized spacial score (nSPS) is 10.5. The van der Waals surface area contributed by atoms with Crippen LogP contribution in [0.4, 0.5) is 11.5 Å². The standard InChI is InChI=1S/C12H10BrCl2N3/c1-6-7(2)12(18-17-11(6)15)16-10-4-3-8(14)5-9(10)13/h3-5H,1-2H3,(H,16,18). The molecule has 0 bridgehead atoms. The zero-order valence-electron chi connectivity index (χ0n) is 9.76. The number of aromatic nitrogens is 2. The zero-order chi connectivity index (χ0) is 13.3.